The van der Waals surface area contributed by atoms with Crippen LogP contribution in [0.3, 0.4) is 0 Å². The fourth-order valence-electron chi connectivity index (χ4n) is 3.25. The summed E-state index contributed by atoms with van der Waals surface area (Å²) in [5.41, 5.74) is 0.968. The summed E-state index contributed by atoms with van der Waals surface area (Å²) in [4.78, 5) is 0. The van der Waals surface area contributed by atoms with E-state index in [-0.39, 0.29) is 0 Å². The Kier molecular flexibility index (Phi) is 1.73. The topological polar surface area (TPSA) is 25.8 Å². The summed E-state index contributed by atoms with van der Waals surface area (Å²) in [7, 11) is 0. The molecule has 0 saturated heterocycles. The average Bonchev–Trinajstić information content (AvgIpc) is 2.52. The Balaban J connectivity index is 2.23. The summed E-state index contributed by atoms with van der Waals surface area (Å²) < 4.78 is 0. The predicted molar refractivity (Wildman–Crippen MR) is 83.2 cm³/mol. The van der Waals surface area contributed by atoms with E-state index in [9.17, 15) is 0 Å². The molecule has 0 radical (unpaired) electrons. The average molecular weight is 254 g/mol. The molecule has 0 amide bonds. The van der Waals surface area contributed by atoms with Crippen molar-refractivity contribution < 1.29 is 0 Å². The summed E-state index contributed by atoms with van der Waals surface area (Å²) in [5.74, 6) is 0. The first kappa shape index (κ1) is 10.1. The Morgan fingerprint density at radius 2 is 1.55 bits per heavy atom. The normalized spacial score (nSPS) is 12.0. The Morgan fingerprint density at radius 1 is 0.650 bits per heavy atom. The van der Waals surface area contributed by atoms with Crippen molar-refractivity contribution in [2.45, 2.75) is 0 Å². The quantitative estimate of drug-likeness (QED) is 0.300. The maximum atomic E-state index is 4.26. The molecule has 20 heavy (non-hydrogen) atoms. The molecule has 0 atom stereocenters. The van der Waals surface area contributed by atoms with Gasteiger partial charge in [-0.15, -0.1) is 0 Å². The second-order valence-corrected chi connectivity index (χ2v) is 5.20. The lowest BCUT2D eigenvalue weighted by Gasteiger charge is -2.11. The molecule has 1 heterocycles. The van der Waals surface area contributed by atoms with Crippen LogP contribution in [0.25, 0.3) is 43.2 Å². The molecule has 92 valence electrons. The largest absolute Gasteiger partial charge is 0.158 e. The third-order valence-electron chi connectivity index (χ3n) is 4.13. The molecule has 1 aromatic heterocycles. The summed E-state index contributed by atoms with van der Waals surface area (Å²) in [6.45, 7) is 0. The number of hydrogen-bond donors (Lipinski definition) is 0. The van der Waals surface area contributed by atoms with Crippen LogP contribution in [0, 0.1) is 0 Å². The lowest BCUT2D eigenvalue weighted by molar-refractivity contribution is 1.09. The highest BCUT2D eigenvalue weighted by molar-refractivity contribution is 6.28. The highest BCUT2D eigenvalue weighted by atomic mass is 15.1. The van der Waals surface area contributed by atoms with Crippen molar-refractivity contribution in [3.8, 4) is 0 Å². The first-order valence-electron chi connectivity index (χ1n) is 6.70. The second kappa shape index (κ2) is 3.42. The van der Waals surface area contributed by atoms with Crippen molar-refractivity contribution in [1.82, 2.24) is 10.2 Å². The van der Waals surface area contributed by atoms with E-state index >= 15 is 0 Å². The van der Waals surface area contributed by atoms with Gasteiger partial charge in [-0.25, -0.2) is 0 Å². The van der Waals surface area contributed by atoms with E-state index in [0.717, 1.165) is 10.9 Å². The van der Waals surface area contributed by atoms with Crippen LogP contribution in [0.15, 0.2) is 60.8 Å². The second-order valence-electron chi connectivity index (χ2n) is 5.20. The molecule has 5 aromatic rings. The highest BCUT2D eigenvalue weighted by Gasteiger charge is 2.11. The van der Waals surface area contributed by atoms with E-state index in [2.05, 4.69) is 64.8 Å². The molecule has 0 aliphatic heterocycles. The number of fused-ring (bicyclic) bond motifs is 2. The van der Waals surface area contributed by atoms with Gasteiger partial charge in [0.05, 0.1) is 11.7 Å². The van der Waals surface area contributed by atoms with Crippen molar-refractivity contribution in [2.24, 2.45) is 0 Å². The lowest BCUT2D eigenvalue weighted by atomic mass is 9.93. The molecular weight excluding hydrogens is 244 g/mol. The van der Waals surface area contributed by atoms with Gasteiger partial charge in [0.25, 0.3) is 0 Å². The van der Waals surface area contributed by atoms with Crippen LogP contribution in [-0.4, -0.2) is 10.2 Å². The minimum Gasteiger partial charge on any atom is -0.158 e. The summed E-state index contributed by atoms with van der Waals surface area (Å²) in [6.07, 6.45) is 1.84. The molecule has 0 saturated carbocycles. The van der Waals surface area contributed by atoms with Crippen molar-refractivity contribution in [1.29, 1.82) is 0 Å². The van der Waals surface area contributed by atoms with Gasteiger partial charge in [-0.05, 0) is 39.1 Å². The van der Waals surface area contributed by atoms with Gasteiger partial charge in [0, 0.05) is 10.8 Å². The van der Waals surface area contributed by atoms with Crippen molar-refractivity contribution in [2.75, 3.05) is 0 Å². The first-order chi connectivity index (χ1) is 9.92. The van der Waals surface area contributed by atoms with Gasteiger partial charge in [0.15, 0.2) is 0 Å². The van der Waals surface area contributed by atoms with E-state index in [0.29, 0.717) is 0 Å². The number of rotatable bonds is 0. The van der Waals surface area contributed by atoms with Crippen LogP contribution in [0.4, 0.5) is 0 Å². The van der Waals surface area contributed by atoms with Gasteiger partial charge in [-0.1, -0.05) is 42.5 Å². The van der Waals surface area contributed by atoms with Gasteiger partial charge in [-0.2, -0.15) is 10.2 Å². The Morgan fingerprint density at radius 3 is 2.55 bits per heavy atom. The zero-order valence-corrected chi connectivity index (χ0v) is 10.7. The third-order valence-corrected chi connectivity index (χ3v) is 4.13. The van der Waals surface area contributed by atoms with Crippen LogP contribution < -0.4 is 0 Å². The van der Waals surface area contributed by atoms with E-state index < -0.39 is 0 Å². The minimum atomic E-state index is 0.968. The molecule has 0 spiro atoms. The first-order valence-corrected chi connectivity index (χ1v) is 6.70. The van der Waals surface area contributed by atoms with Crippen molar-refractivity contribution in [3.63, 3.8) is 0 Å². The van der Waals surface area contributed by atoms with Gasteiger partial charge in [0.1, 0.15) is 0 Å². The van der Waals surface area contributed by atoms with Crippen LogP contribution >= 0.6 is 0 Å². The molecule has 0 bridgehead atoms. The number of benzene rings is 4. The van der Waals surface area contributed by atoms with E-state index in [1.807, 2.05) is 6.20 Å². The van der Waals surface area contributed by atoms with Gasteiger partial charge in [0.2, 0.25) is 0 Å². The van der Waals surface area contributed by atoms with Crippen molar-refractivity contribution >= 4 is 43.2 Å². The lowest BCUT2D eigenvalue weighted by Crippen LogP contribution is -1.89. The molecule has 2 heteroatoms. The monoisotopic (exact) mass is 254 g/mol. The molecule has 0 aliphatic carbocycles. The molecule has 0 N–H and O–H groups in total. The molecule has 4 aromatic carbocycles. The molecule has 2 nitrogen and oxygen atoms in total. The molecule has 0 aliphatic rings. The maximum absolute atomic E-state index is 4.26. The zero-order valence-electron chi connectivity index (χ0n) is 10.7. The van der Waals surface area contributed by atoms with Gasteiger partial charge < -0.3 is 0 Å². The van der Waals surface area contributed by atoms with Crippen LogP contribution in [0.1, 0.15) is 0 Å². The number of hydrogen-bond acceptors (Lipinski definition) is 2. The molecule has 5 rings (SSSR count). The Hall–Kier alpha value is -2.74. The zero-order chi connectivity index (χ0) is 13.1. The fraction of sp³-hybridized carbons (Fsp3) is 0. The fourth-order valence-corrected chi connectivity index (χ4v) is 3.25. The van der Waals surface area contributed by atoms with Crippen LogP contribution in [0.5, 0.6) is 0 Å². The van der Waals surface area contributed by atoms with Gasteiger partial charge in [-0.3, -0.25) is 0 Å². The number of nitrogens with zero attached hydrogens (tertiary/aromatic N) is 2. The van der Waals surface area contributed by atoms with Crippen LogP contribution in [0.2, 0.25) is 0 Å². The molecular formula is C18H10N2. The summed E-state index contributed by atoms with van der Waals surface area (Å²) >= 11 is 0. The van der Waals surface area contributed by atoms with E-state index in [1.54, 1.807) is 0 Å². The number of aromatic nitrogens is 2. The molecule has 0 fully saturated rings. The summed E-state index contributed by atoms with van der Waals surface area (Å²) in [5, 5.41) is 17.2. The SMILES string of the molecule is c1ccc2c(c1)cc1ccc3cnnc4ccc2c1c34. The standard InChI is InChI=1S/C18H10N2/c1-2-4-14-11(3-1)9-12-5-6-13-10-19-20-16-8-7-15(14)17(12)18(13)16/h1-10H. The minimum absolute atomic E-state index is 0.968. The Labute approximate surface area is 115 Å². The van der Waals surface area contributed by atoms with E-state index in [4.69, 9.17) is 0 Å². The van der Waals surface area contributed by atoms with E-state index in [1.165, 1.54) is 32.3 Å². The van der Waals surface area contributed by atoms with Crippen molar-refractivity contribution in [3.05, 3.63) is 60.8 Å². The maximum Gasteiger partial charge on any atom is 0.0942 e. The smallest absolute Gasteiger partial charge is 0.0942 e. The highest BCUT2D eigenvalue weighted by Crippen LogP contribution is 2.37. The third kappa shape index (κ3) is 1.14. The summed E-state index contributed by atoms with van der Waals surface area (Å²) in [6, 6.07) is 19.4. The predicted octanol–water partition coefficient (Wildman–Crippen LogP) is 4.53. The van der Waals surface area contributed by atoms with Crippen LogP contribution in [-0.2, 0) is 0 Å². The Bertz CT molecular complexity index is 1080. The molecule has 0 unspecified atom stereocenters. The van der Waals surface area contributed by atoms with Gasteiger partial charge >= 0.3 is 0 Å².